The van der Waals surface area contributed by atoms with Crippen LogP contribution in [0.25, 0.3) is 11.5 Å². The van der Waals surface area contributed by atoms with Gasteiger partial charge in [-0.3, -0.25) is 0 Å². The highest BCUT2D eigenvalue weighted by Gasteiger charge is 2.08. The fourth-order valence-electron chi connectivity index (χ4n) is 1.29. The number of rotatable bonds is 2. The molecule has 1 aromatic carbocycles. The summed E-state index contributed by atoms with van der Waals surface area (Å²) in [5, 5.41) is 4.02. The molecule has 0 aliphatic carbocycles. The van der Waals surface area contributed by atoms with Gasteiger partial charge in [0.25, 0.3) is 0 Å². The van der Waals surface area contributed by atoms with Gasteiger partial charge in [0.2, 0.25) is 5.89 Å². The molecule has 0 atom stereocenters. The lowest BCUT2D eigenvalue weighted by Gasteiger charge is -1.95. The Bertz CT molecular complexity index is 525. The molecule has 0 N–H and O–H groups in total. The Kier molecular flexibility index (Phi) is 2.41. The van der Waals surface area contributed by atoms with E-state index in [-0.39, 0.29) is 0 Å². The smallest absolute Gasteiger partial charge is 0.388 e. The van der Waals surface area contributed by atoms with Crippen LogP contribution in [0.15, 0.2) is 33.5 Å². The van der Waals surface area contributed by atoms with Crippen LogP contribution in [0.5, 0.6) is 0 Å². The second-order valence-electron chi connectivity index (χ2n) is 3.11. The lowest BCUT2D eigenvalue weighted by Crippen LogP contribution is -2.13. The molecule has 0 unspecified atom stereocenters. The minimum absolute atomic E-state index is 0.300. The van der Waals surface area contributed by atoms with Crippen LogP contribution in [0.1, 0.15) is 12.5 Å². The molecule has 2 radical (unpaired) electrons. The summed E-state index contributed by atoms with van der Waals surface area (Å²) >= 11 is 0. The first-order valence-corrected chi connectivity index (χ1v) is 4.64. The molecule has 0 saturated heterocycles. The third-order valence-electron chi connectivity index (χ3n) is 2.04. The summed E-state index contributed by atoms with van der Waals surface area (Å²) in [5.74, 6) is -0.149. The largest absolute Gasteiger partial charge is 0.437 e. The van der Waals surface area contributed by atoms with Crippen LogP contribution in [0.2, 0.25) is 0 Å². The molecule has 0 fully saturated rings. The predicted molar refractivity (Wildman–Crippen MR) is 55.3 cm³/mol. The van der Waals surface area contributed by atoms with Crippen molar-refractivity contribution in [3.05, 3.63) is 47.3 Å². The van der Waals surface area contributed by atoms with Gasteiger partial charge in [-0.25, -0.2) is 4.79 Å². The standard InChI is InChI=1S/C11H10N2O2/c1-3-13-11(14)15-10(12-13)9-6-4-5-8(2)7-9/h2,4-7H,3H2,1H3. The van der Waals surface area contributed by atoms with Crippen molar-refractivity contribution in [1.82, 2.24) is 9.78 Å². The number of hydrogen-bond donors (Lipinski definition) is 0. The van der Waals surface area contributed by atoms with Gasteiger partial charge >= 0.3 is 5.76 Å². The average Bonchev–Trinajstić information content (AvgIpc) is 2.60. The molecule has 15 heavy (non-hydrogen) atoms. The van der Waals surface area contributed by atoms with Crippen molar-refractivity contribution in [1.29, 1.82) is 0 Å². The topological polar surface area (TPSA) is 48.0 Å². The maximum absolute atomic E-state index is 11.2. The Morgan fingerprint density at radius 2 is 2.33 bits per heavy atom. The minimum Gasteiger partial charge on any atom is -0.388 e. The van der Waals surface area contributed by atoms with Gasteiger partial charge < -0.3 is 4.42 Å². The van der Waals surface area contributed by atoms with Gasteiger partial charge in [0, 0.05) is 12.1 Å². The van der Waals surface area contributed by atoms with E-state index in [9.17, 15) is 4.79 Å². The van der Waals surface area contributed by atoms with Crippen molar-refractivity contribution < 1.29 is 4.42 Å². The Morgan fingerprint density at radius 1 is 1.53 bits per heavy atom. The quantitative estimate of drug-likeness (QED) is 0.742. The Hall–Kier alpha value is -1.84. The minimum atomic E-state index is -0.449. The highest BCUT2D eigenvalue weighted by Crippen LogP contribution is 2.16. The first kappa shape index (κ1) is 9.71. The van der Waals surface area contributed by atoms with E-state index < -0.39 is 5.76 Å². The van der Waals surface area contributed by atoms with E-state index >= 15 is 0 Å². The summed E-state index contributed by atoms with van der Waals surface area (Å²) in [7, 11) is 0. The summed E-state index contributed by atoms with van der Waals surface area (Å²) in [6.45, 7) is 7.94. The SMILES string of the molecule is [CH]c1cccc(-c2nn(CC)c(=O)o2)c1. The summed E-state index contributed by atoms with van der Waals surface area (Å²) < 4.78 is 6.25. The Labute approximate surface area is 87.2 Å². The summed E-state index contributed by atoms with van der Waals surface area (Å²) in [5.41, 5.74) is 1.32. The third-order valence-corrected chi connectivity index (χ3v) is 2.04. The third kappa shape index (κ3) is 1.83. The molecular formula is C11H10N2O2. The van der Waals surface area contributed by atoms with Crippen molar-refractivity contribution in [3.63, 3.8) is 0 Å². The zero-order valence-corrected chi connectivity index (χ0v) is 8.30. The van der Waals surface area contributed by atoms with Gasteiger partial charge in [-0.2, -0.15) is 4.68 Å². The molecule has 1 aromatic heterocycles. The van der Waals surface area contributed by atoms with Crippen LogP contribution in [-0.2, 0) is 6.54 Å². The highest BCUT2D eigenvalue weighted by atomic mass is 16.4. The van der Waals surface area contributed by atoms with Gasteiger partial charge in [-0.05, 0) is 31.5 Å². The molecule has 2 rings (SSSR count). The zero-order valence-electron chi connectivity index (χ0n) is 8.30. The molecular weight excluding hydrogens is 192 g/mol. The monoisotopic (exact) mass is 202 g/mol. The van der Waals surface area contributed by atoms with E-state index in [0.717, 1.165) is 0 Å². The molecule has 0 amide bonds. The van der Waals surface area contributed by atoms with E-state index in [1.807, 2.05) is 6.92 Å². The lowest BCUT2D eigenvalue weighted by atomic mass is 10.1. The highest BCUT2D eigenvalue weighted by molar-refractivity contribution is 5.53. The van der Waals surface area contributed by atoms with E-state index in [1.54, 1.807) is 24.3 Å². The van der Waals surface area contributed by atoms with Crippen molar-refractivity contribution >= 4 is 0 Å². The van der Waals surface area contributed by atoms with Gasteiger partial charge in [0.1, 0.15) is 0 Å². The van der Waals surface area contributed by atoms with E-state index in [1.165, 1.54) is 4.68 Å². The molecule has 0 aliphatic rings. The first-order valence-electron chi connectivity index (χ1n) is 4.64. The van der Waals surface area contributed by atoms with Gasteiger partial charge in [0.05, 0.1) is 0 Å². The normalized spacial score (nSPS) is 10.5. The number of aromatic nitrogens is 2. The van der Waals surface area contributed by atoms with Crippen molar-refractivity contribution in [3.8, 4) is 11.5 Å². The van der Waals surface area contributed by atoms with Crippen LogP contribution in [-0.4, -0.2) is 9.78 Å². The number of nitrogens with zero attached hydrogens (tertiary/aromatic N) is 2. The van der Waals surface area contributed by atoms with Gasteiger partial charge in [0.15, 0.2) is 0 Å². The summed E-state index contributed by atoms with van der Waals surface area (Å²) in [6, 6.07) is 7.06. The molecule has 1 heterocycles. The summed E-state index contributed by atoms with van der Waals surface area (Å²) in [4.78, 5) is 11.2. The molecule has 0 bridgehead atoms. The van der Waals surface area contributed by atoms with Crippen LogP contribution in [0.4, 0.5) is 0 Å². The van der Waals surface area contributed by atoms with Crippen LogP contribution in [0, 0.1) is 6.92 Å². The maximum atomic E-state index is 11.2. The Balaban J connectivity index is 2.50. The first-order chi connectivity index (χ1) is 7.20. The summed E-state index contributed by atoms with van der Waals surface area (Å²) in [6.07, 6.45) is 0. The van der Waals surface area contributed by atoms with Gasteiger partial charge in [-0.1, -0.05) is 12.1 Å². The van der Waals surface area contributed by atoms with Crippen molar-refractivity contribution in [2.45, 2.75) is 13.5 Å². The second-order valence-corrected chi connectivity index (χ2v) is 3.11. The molecule has 2 aromatic rings. The second kappa shape index (κ2) is 3.73. The van der Waals surface area contributed by atoms with E-state index in [4.69, 9.17) is 11.3 Å². The van der Waals surface area contributed by atoms with Crippen LogP contribution in [0.3, 0.4) is 0 Å². The molecule has 76 valence electrons. The van der Waals surface area contributed by atoms with Crippen LogP contribution >= 0.6 is 0 Å². The van der Waals surface area contributed by atoms with E-state index in [2.05, 4.69) is 5.10 Å². The average molecular weight is 202 g/mol. The predicted octanol–water partition coefficient (Wildman–Crippen LogP) is 1.58. The van der Waals surface area contributed by atoms with Crippen molar-refractivity contribution in [2.75, 3.05) is 0 Å². The van der Waals surface area contributed by atoms with E-state index in [0.29, 0.717) is 23.6 Å². The number of aryl methyl sites for hydroxylation is 1. The molecule has 0 saturated carbocycles. The molecule has 0 spiro atoms. The number of hydrogen-bond acceptors (Lipinski definition) is 3. The lowest BCUT2D eigenvalue weighted by molar-refractivity contribution is 0.490. The zero-order chi connectivity index (χ0) is 10.8. The van der Waals surface area contributed by atoms with Crippen molar-refractivity contribution in [2.24, 2.45) is 0 Å². The molecule has 4 heteroatoms. The fraction of sp³-hybridized carbons (Fsp3) is 0.182. The maximum Gasteiger partial charge on any atom is 0.437 e. The van der Waals surface area contributed by atoms with Crippen LogP contribution < -0.4 is 5.76 Å². The molecule has 0 aliphatic heterocycles. The fourth-order valence-corrected chi connectivity index (χ4v) is 1.29. The Morgan fingerprint density at radius 3 is 2.93 bits per heavy atom. The molecule has 4 nitrogen and oxygen atoms in total. The number of benzene rings is 1. The van der Waals surface area contributed by atoms with Gasteiger partial charge in [-0.15, -0.1) is 5.10 Å².